The topological polar surface area (TPSA) is 53.7 Å². The molecule has 0 spiro atoms. The summed E-state index contributed by atoms with van der Waals surface area (Å²) < 4.78 is 18.1. The van der Waals surface area contributed by atoms with E-state index < -0.39 is 0 Å². The van der Waals surface area contributed by atoms with Crippen LogP contribution in [0.1, 0.15) is 163 Å². The molecule has 4 nitrogen and oxygen atoms in total. The highest BCUT2D eigenvalue weighted by molar-refractivity contribution is 5.25. The van der Waals surface area contributed by atoms with Gasteiger partial charge in [0.1, 0.15) is 0 Å². The summed E-state index contributed by atoms with van der Waals surface area (Å²) in [6, 6.07) is -0.0196. The smallest absolute Gasteiger partial charge is 0.0640 e. The van der Waals surface area contributed by atoms with Gasteiger partial charge < -0.3 is 19.9 Å². The van der Waals surface area contributed by atoms with E-state index in [4.69, 9.17) is 19.9 Å². The third-order valence-corrected chi connectivity index (χ3v) is 13.2. The molecule has 0 amide bonds. The fourth-order valence-electron chi connectivity index (χ4n) is 10.4. The molecule has 45 heavy (non-hydrogen) atoms. The van der Waals surface area contributed by atoms with Crippen LogP contribution in [0, 0.1) is 40.4 Å². The first-order valence-corrected chi connectivity index (χ1v) is 20.0. The zero-order chi connectivity index (χ0) is 32.1. The molecule has 0 saturated heterocycles. The summed E-state index contributed by atoms with van der Waals surface area (Å²) in [4.78, 5) is 0. The second-order valence-electron chi connectivity index (χ2n) is 16.9. The van der Waals surface area contributed by atoms with Gasteiger partial charge in [-0.15, -0.1) is 0 Å². The van der Waals surface area contributed by atoms with Crippen LogP contribution in [-0.4, -0.2) is 45.2 Å². The Morgan fingerprint density at radius 1 is 0.800 bits per heavy atom. The third kappa shape index (κ3) is 10.5. The van der Waals surface area contributed by atoms with E-state index in [1.165, 1.54) is 109 Å². The minimum Gasteiger partial charge on any atom is -0.380 e. The van der Waals surface area contributed by atoms with Gasteiger partial charge in [0.25, 0.3) is 0 Å². The van der Waals surface area contributed by atoms with Crippen molar-refractivity contribution in [3.05, 3.63) is 11.6 Å². The normalized spacial score (nSPS) is 33.5. The number of unbranched alkanes of at least 4 members (excludes halogenated alkanes) is 7. The van der Waals surface area contributed by atoms with Gasteiger partial charge >= 0.3 is 0 Å². The van der Waals surface area contributed by atoms with Crippen molar-refractivity contribution in [3.8, 4) is 0 Å². The second-order valence-corrected chi connectivity index (χ2v) is 16.9. The van der Waals surface area contributed by atoms with Crippen LogP contribution in [0.3, 0.4) is 0 Å². The van der Waals surface area contributed by atoms with Crippen molar-refractivity contribution >= 4 is 0 Å². The minimum atomic E-state index is -0.0196. The average molecular weight is 630 g/mol. The summed E-state index contributed by atoms with van der Waals surface area (Å²) in [5.74, 6) is 4.63. The number of hydrogen-bond donors (Lipinski definition) is 1. The molecule has 0 heterocycles. The number of rotatable bonds is 22. The van der Waals surface area contributed by atoms with Crippen molar-refractivity contribution in [3.63, 3.8) is 0 Å². The van der Waals surface area contributed by atoms with Crippen molar-refractivity contribution in [1.82, 2.24) is 0 Å². The molecule has 0 aromatic heterocycles. The molecule has 4 heteroatoms. The van der Waals surface area contributed by atoms with Crippen molar-refractivity contribution in [2.24, 2.45) is 46.2 Å². The molecule has 4 aliphatic rings. The average Bonchev–Trinajstić information content (AvgIpc) is 3.36. The molecule has 0 radical (unpaired) electrons. The van der Waals surface area contributed by atoms with E-state index >= 15 is 0 Å². The zero-order valence-corrected chi connectivity index (χ0v) is 30.6. The lowest BCUT2D eigenvalue weighted by Crippen LogP contribution is -2.50. The molecule has 3 fully saturated rings. The highest BCUT2D eigenvalue weighted by Gasteiger charge is 2.58. The summed E-state index contributed by atoms with van der Waals surface area (Å²) in [5, 5.41) is 0. The Hall–Kier alpha value is -0.420. The van der Waals surface area contributed by atoms with Crippen LogP contribution in [0.15, 0.2) is 11.6 Å². The molecular formula is C41H75NO3. The first kappa shape index (κ1) is 37.4. The van der Waals surface area contributed by atoms with Crippen LogP contribution in [-0.2, 0) is 14.2 Å². The van der Waals surface area contributed by atoms with Crippen LogP contribution < -0.4 is 5.73 Å². The van der Waals surface area contributed by atoms with Crippen molar-refractivity contribution in [2.75, 3.05) is 33.0 Å². The van der Waals surface area contributed by atoms with E-state index in [2.05, 4.69) is 40.7 Å². The third-order valence-electron chi connectivity index (χ3n) is 13.2. The van der Waals surface area contributed by atoms with Crippen LogP contribution in [0.4, 0.5) is 0 Å². The van der Waals surface area contributed by atoms with Crippen LogP contribution in [0.25, 0.3) is 0 Å². The molecular weight excluding hydrogens is 554 g/mol. The van der Waals surface area contributed by atoms with E-state index in [0.717, 1.165) is 68.7 Å². The largest absolute Gasteiger partial charge is 0.380 e. The van der Waals surface area contributed by atoms with Crippen molar-refractivity contribution in [1.29, 1.82) is 0 Å². The zero-order valence-electron chi connectivity index (χ0n) is 30.6. The summed E-state index contributed by atoms with van der Waals surface area (Å²) in [6.45, 7) is 16.0. The lowest BCUT2D eigenvalue weighted by Gasteiger charge is -2.58. The van der Waals surface area contributed by atoms with Crippen LogP contribution in [0.2, 0.25) is 0 Å². The van der Waals surface area contributed by atoms with E-state index in [0.29, 0.717) is 30.1 Å². The Bertz CT molecular complexity index is 858. The Labute approximate surface area is 279 Å². The standard InChI is InChI=1S/C41H75NO3/c1-6-7-8-9-10-13-26-43-30-35(42)31-44-27-14-15-28-45-36-22-24-41(5)34(29-36)18-20-37-38-21-19-33(17-12-11-16-32(2)3)40(38,4)25-23-39(37)41/h18,32-33,35-39H,6-17,19-31,42H2,1-5H3. The van der Waals surface area contributed by atoms with Gasteiger partial charge in [0, 0.05) is 19.8 Å². The molecule has 8 atom stereocenters. The molecule has 0 aromatic rings. The molecule has 0 aromatic carbocycles. The molecule has 4 rings (SSSR count). The number of hydrogen-bond acceptors (Lipinski definition) is 4. The second kappa shape index (κ2) is 18.9. The van der Waals surface area contributed by atoms with Crippen molar-refractivity contribution < 1.29 is 14.2 Å². The highest BCUT2D eigenvalue weighted by Crippen LogP contribution is 2.66. The Morgan fingerprint density at radius 2 is 1.51 bits per heavy atom. The Morgan fingerprint density at radius 3 is 2.27 bits per heavy atom. The van der Waals surface area contributed by atoms with E-state index in [9.17, 15) is 0 Å². The first-order valence-electron chi connectivity index (χ1n) is 20.0. The predicted octanol–water partition coefficient (Wildman–Crippen LogP) is 10.7. The summed E-state index contributed by atoms with van der Waals surface area (Å²) in [7, 11) is 0. The molecule has 4 aliphatic carbocycles. The SMILES string of the molecule is CCCCCCCCOCC(N)COCCCCOC1CCC2(C)C(=CCC3C2CCC2(C)C(CCCCC(C)C)CCC32)C1. The van der Waals surface area contributed by atoms with Gasteiger partial charge in [0.15, 0.2) is 0 Å². The van der Waals surface area contributed by atoms with E-state index in [1.54, 1.807) is 5.57 Å². The van der Waals surface area contributed by atoms with Gasteiger partial charge in [-0.25, -0.2) is 0 Å². The van der Waals surface area contributed by atoms with Gasteiger partial charge in [-0.2, -0.15) is 0 Å². The fourth-order valence-corrected chi connectivity index (χ4v) is 10.4. The maximum Gasteiger partial charge on any atom is 0.0640 e. The Balaban J connectivity index is 1.09. The number of nitrogens with two attached hydrogens (primary N) is 1. The first-order chi connectivity index (χ1) is 21.8. The molecule has 0 bridgehead atoms. The van der Waals surface area contributed by atoms with Gasteiger partial charge in [-0.1, -0.05) is 97.6 Å². The highest BCUT2D eigenvalue weighted by atomic mass is 16.5. The maximum atomic E-state index is 6.47. The predicted molar refractivity (Wildman–Crippen MR) is 190 cm³/mol. The number of fused-ring (bicyclic) bond motifs is 5. The lowest BCUT2D eigenvalue weighted by molar-refractivity contribution is -0.0592. The van der Waals surface area contributed by atoms with Gasteiger partial charge in [-0.05, 0) is 117 Å². The molecule has 2 N–H and O–H groups in total. The quantitative estimate of drug-likeness (QED) is 0.0956. The van der Waals surface area contributed by atoms with Crippen LogP contribution >= 0.6 is 0 Å². The Kier molecular flexibility index (Phi) is 15.7. The monoisotopic (exact) mass is 630 g/mol. The number of ether oxygens (including phenoxy) is 3. The van der Waals surface area contributed by atoms with Gasteiger partial charge in [0.05, 0.1) is 25.4 Å². The van der Waals surface area contributed by atoms with E-state index in [1.807, 2.05) is 0 Å². The summed E-state index contributed by atoms with van der Waals surface area (Å²) >= 11 is 0. The maximum absolute atomic E-state index is 6.47. The minimum absolute atomic E-state index is 0.0196. The lowest BCUT2D eigenvalue weighted by atomic mass is 9.47. The number of allylic oxidation sites excluding steroid dienone is 1. The van der Waals surface area contributed by atoms with Gasteiger partial charge in [0.2, 0.25) is 0 Å². The van der Waals surface area contributed by atoms with E-state index in [-0.39, 0.29) is 6.04 Å². The fraction of sp³-hybridized carbons (Fsp3) is 0.951. The molecule has 8 unspecified atom stereocenters. The molecule has 262 valence electrons. The van der Waals surface area contributed by atoms with Gasteiger partial charge in [-0.3, -0.25) is 0 Å². The van der Waals surface area contributed by atoms with Crippen molar-refractivity contribution in [2.45, 2.75) is 175 Å². The molecule has 0 aliphatic heterocycles. The summed E-state index contributed by atoms with van der Waals surface area (Å²) in [6.07, 6.45) is 29.8. The van der Waals surface area contributed by atoms with Crippen LogP contribution in [0.5, 0.6) is 0 Å². The summed E-state index contributed by atoms with van der Waals surface area (Å²) in [5.41, 5.74) is 8.97. The molecule has 3 saturated carbocycles.